The first-order valence-electron chi connectivity index (χ1n) is 9.94. The van der Waals surface area contributed by atoms with Crippen molar-refractivity contribution in [2.45, 2.75) is 39.0 Å². The molecule has 1 aliphatic heterocycles. The number of hydrogen-bond acceptors (Lipinski definition) is 5. The minimum Gasteiger partial charge on any atom is -0.484 e. The highest BCUT2D eigenvalue weighted by Gasteiger charge is 2.34. The summed E-state index contributed by atoms with van der Waals surface area (Å²) in [5.74, 6) is 1.20. The summed E-state index contributed by atoms with van der Waals surface area (Å²) in [7, 11) is 5.09. The monoisotopic (exact) mass is 419 g/mol. The van der Waals surface area contributed by atoms with Crippen molar-refractivity contribution in [2.75, 3.05) is 40.8 Å². The maximum Gasteiger partial charge on any atom is 0.410 e. The molecule has 1 aromatic rings. The molecule has 1 saturated heterocycles. The summed E-state index contributed by atoms with van der Waals surface area (Å²) >= 11 is 0. The van der Waals surface area contributed by atoms with Crippen molar-refractivity contribution in [1.82, 2.24) is 20.4 Å². The second-order valence-corrected chi connectivity index (χ2v) is 8.38. The van der Waals surface area contributed by atoms with Crippen LogP contribution < -0.4 is 15.4 Å². The SMILES string of the molecule is CN=C(NCc1cccc(OCC(=O)N(C)C)c1)NC1CN(C(=O)OC(C)(C)C)C1. The van der Waals surface area contributed by atoms with Gasteiger partial charge in [-0.25, -0.2) is 4.79 Å². The van der Waals surface area contributed by atoms with Crippen LogP contribution in [-0.2, 0) is 16.1 Å². The second-order valence-electron chi connectivity index (χ2n) is 8.38. The Morgan fingerprint density at radius 3 is 2.57 bits per heavy atom. The van der Waals surface area contributed by atoms with E-state index in [0.717, 1.165) is 5.56 Å². The van der Waals surface area contributed by atoms with Crippen LogP contribution in [0.25, 0.3) is 0 Å². The van der Waals surface area contributed by atoms with Crippen LogP contribution in [0.1, 0.15) is 26.3 Å². The molecule has 2 amide bonds. The molecule has 1 heterocycles. The highest BCUT2D eigenvalue weighted by Crippen LogP contribution is 2.16. The molecule has 1 aromatic carbocycles. The van der Waals surface area contributed by atoms with Gasteiger partial charge in [0.1, 0.15) is 11.4 Å². The number of nitrogens with zero attached hydrogens (tertiary/aromatic N) is 3. The van der Waals surface area contributed by atoms with Crippen molar-refractivity contribution < 1.29 is 19.1 Å². The third kappa shape index (κ3) is 7.46. The van der Waals surface area contributed by atoms with Gasteiger partial charge in [-0.05, 0) is 38.5 Å². The van der Waals surface area contributed by atoms with Gasteiger partial charge in [-0.2, -0.15) is 0 Å². The summed E-state index contributed by atoms with van der Waals surface area (Å²) in [6.45, 7) is 7.24. The molecule has 1 aliphatic rings. The molecule has 0 atom stereocenters. The normalized spacial score (nSPS) is 14.6. The number of aliphatic imine (C=N–C) groups is 1. The average molecular weight is 420 g/mol. The summed E-state index contributed by atoms with van der Waals surface area (Å²) in [5.41, 5.74) is 0.502. The number of likely N-dealkylation sites (N-methyl/N-ethyl adjacent to an activating group) is 1. The van der Waals surface area contributed by atoms with Crippen molar-refractivity contribution in [3.8, 4) is 5.75 Å². The van der Waals surface area contributed by atoms with E-state index in [9.17, 15) is 9.59 Å². The first-order valence-corrected chi connectivity index (χ1v) is 9.94. The Labute approximate surface area is 178 Å². The molecule has 30 heavy (non-hydrogen) atoms. The molecular weight excluding hydrogens is 386 g/mol. The topological polar surface area (TPSA) is 95.5 Å². The molecule has 1 fully saturated rings. The van der Waals surface area contributed by atoms with Gasteiger partial charge in [0, 0.05) is 40.8 Å². The highest BCUT2D eigenvalue weighted by molar-refractivity contribution is 5.80. The molecule has 0 bridgehead atoms. The van der Waals surface area contributed by atoms with Crippen LogP contribution in [0.4, 0.5) is 4.79 Å². The van der Waals surface area contributed by atoms with Gasteiger partial charge in [-0.3, -0.25) is 9.79 Å². The molecule has 0 spiro atoms. The number of guanidine groups is 1. The first-order chi connectivity index (χ1) is 14.1. The summed E-state index contributed by atoms with van der Waals surface area (Å²) < 4.78 is 10.9. The minimum atomic E-state index is -0.495. The molecule has 0 aromatic heterocycles. The molecule has 9 heteroatoms. The first kappa shape index (κ1) is 23.3. The van der Waals surface area contributed by atoms with Gasteiger partial charge in [0.2, 0.25) is 0 Å². The van der Waals surface area contributed by atoms with Gasteiger partial charge < -0.3 is 29.9 Å². The third-order valence-corrected chi connectivity index (χ3v) is 4.32. The number of hydrogen-bond donors (Lipinski definition) is 2. The predicted molar refractivity (Wildman–Crippen MR) is 116 cm³/mol. The van der Waals surface area contributed by atoms with Crippen molar-refractivity contribution >= 4 is 18.0 Å². The Balaban J connectivity index is 1.77. The average Bonchev–Trinajstić information content (AvgIpc) is 2.63. The maximum atomic E-state index is 12.0. The van der Waals surface area contributed by atoms with Gasteiger partial charge in [0.15, 0.2) is 12.6 Å². The second kappa shape index (κ2) is 10.2. The number of amides is 2. The van der Waals surface area contributed by atoms with E-state index in [4.69, 9.17) is 9.47 Å². The molecule has 166 valence electrons. The van der Waals surface area contributed by atoms with E-state index >= 15 is 0 Å². The molecule has 9 nitrogen and oxygen atoms in total. The standard InChI is InChI=1S/C21H33N5O4/c1-21(2,3)30-20(28)26-12-16(13-26)24-19(22-4)23-11-15-8-7-9-17(10-15)29-14-18(27)25(5)6/h7-10,16H,11-14H2,1-6H3,(H2,22,23,24). The zero-order chi connectivity index (χ0) is 22.3. The van der Waals surface area contributed by atoms with Gasteiger partial charge in [-0.1, -0.05) is 12.1 Å². The van der Waals surface area contributed by atoms with E-state index in [1.165, 1.54) is 4.90 Å². The lowest BCUT2D eigenvalue weighted by Gasteiger charge is -2.40. The van der Waals surface area contributed by atoms with Gasteiger partial charge in [-0.15, -0.1) is 0 Å². The zero-order valence-corrected chi connectivity index (χ0v) is 18.7. The third-order valence-electron chi connectivity index (χ3n) is 4.32. The van der Waals surface area contributed by atoms with Crippen molar-refractivity contribution in [3.05, 3.63) is 29.8 Å². The Hall–Kier alpha value is -2.97. The smallest absolute Gasteiger partial charge is 0.410 e. The number of benzene rings is 1. The van der Waals surface area contributed by atoms with E-state index in [1.54, 1.807) is 26.0 Å². The highest BCUT2D eigenvalue weighted by atomic mass is 16.6. The van der Waals surface area contributed by atoms with E-state index in [0.29, 0.717) is 31.3 Å². The number of likely N-dealkylation sites (tertiary alicyclic amines) is 1. The van der Waals surface area contributed by atoms with Crippen LogP contribution in [0.3, 0.4) is 0 Å². The molecular formula is C21H33N5O4. The largest absolute Gasteiger partial charge is 0.484 e. The van der Waals surface area contributed by atoms with Crippen LogP contribution in [0, 0.1) is 0 Å². The summed E-state index contributed by atoms with van der Waals surface area (Å²) in [6.07, 6.45) is -0.298. The molecule has 0 saturated carbocycles. The summed E-state index contributed by atoms with van der Waals surface area (Å²) in [4.78, 5) is 31.1. The lowest BCUT2D eigenvalue weighted by molar-refractivity contribution is -0.130. The molecule has 2 N–H and O–H groups in total. The molecule has 2 rings (SSSR count). The van der Waals surface area contributed by atoms with Crippen molar-refractivity contribution in [1.29, 1.82) is 0 Å². The predicted octanol–water partition coefficient (Wildman–Crippen LogP) is 1.44. The lowest BCUT2D eigenvalue weighted by Crippen LogP contribution is -2.63. The fraction of sp³-hybridized carbons (Fsp3) is 0.571. The number of ether oxygens (including phenoxy) is 2. The quantitative estimate of drug-likeness (QED) is 0.535. The van der Waals surface area contributed by atoms with Crippen LogP contribution >= 0.6 is 0 Å². The fourth-order valence-electron chi connectivity index (χ4n) is 2.64. The minimum absolute atomic E-state index is 0.00291. The van der Waals surface area contributed by atoms with Gasteiger partial charge in [0.05, 0.1) is 6.04 Å². The van der Waals surface area contributed by atoms with E-state index in [2.05, 4.69) is 15.6 Å². The molecule has 0 radical (unpaired) electrons. The summed E-state index contributed by atoms with van der Waals surface area (Å²) in [6, 6.07) is 7.67. The van der Waals surface area contributed by atoms with Crippen molar-refractivity contribution in [2.24, 2.45) is 4.99 Å². The maximum absolute atomic E-state index is 12.0. The number of nitrogens with one attached hydrogen (secondary N) is 2. The zero-order valence-electron chi connectivity index (χ0n) is 18.7. The van der Waals surface area contributed by atoms with Crippen LogP contribution in [0.5, 0.6) is 5.75 Å². The van der Waals surface area contributed by atoms with Crippen LogP contribution in [0.15, 0.2) is 29.3 Å². The Morgan fingerprint density at radius 1 is 1.27 bits per heavy atom. The van der Waals surface area contributed by atoms with E-state index in [1.807, 2.05) is 45.0 Å². The molecule has 0 unspecified atom stereocenters. The van der Waals surface area contributed by atoms with Gasteiger partial charge >= 0.3 is 6.09 Å². The lowest BCUT2D eigenvalue weighted by atomic mass is 10.1. The van der Waals surface area contributed by atoms with E-state index < -0.39 is 5.60 Å². The van der Waals surface area contributed by atoms with E-state index in [-0.39, 0.29) is 24.6 Å². The van der Waals surface area contributed by atoms with Crippen LogP contribution in [-0.4, -0.2) is 80.2 Å². The van der Waals surface area contributed by atoms with Crippen molar-refractivity contribution in [3.63, 3.8) is 0 Å². The number of carbonyl (C=O) groups is 2. The van der Waals surface area contributed by atoms with Crippen LogP contribution in [0.2, 0.25) is 0 Å². The summed E-state index contributed by atoms with van der Waals surface area (Å²) in [5, 5.41) is 6.55. The fourth-order valence-corrected chi connectivity index (χ4v) is 2.64. The number of rotatable bonds is 6. The van der Waals surface area contributed by atoms with Gasteiger partial charge in [0.25, 0.3) is 5.91 Å². The number of carbonyl (C=O) groups excluding carboxylic acids is 2. The Morgan fingerprint density at radius 2 is 1.97 bits per heavy atom. The Kier molecular flexibility index (Phi) is 7.91. The Bertz CT molecular complexity index is 767. The molecule has 0 aliphatic carbocycles.